The third-order valence-corrected chi connectivity index (χ3v) is 5.90. The summed E-state index contributed by atoms with van der Waals surface area (Å²) in [7, 11) is 0. The maximum absolute atomic E-state index is 12.1. The highest BCUT2D eigenvalue weighted by Crippen LogP contribution is 2.21. The van der Waals surface area contributed by atoms with E-state index >= 15 is 0 Å². The Hall–Kier alpha value is -1.39. The molecule has 2 N–H and O–H groups in total. The maximum Gasteiger partial charge on any atom is 0.237 e. The number of unbranched alkanes of at least 4 members (excludes halogenated alkanes) is 1. The second kappa shape index (κ2) is 10.7. The van der Waals surface area contributed by atoms with Crippen molar-refractivity contribution in [3.63, 3.8) is 0 Å². The molecule has 2 saturated heterocycles. The van der Waals surface area contributed by atoms with Gasteiger partial charge >= 0.3 is 0 Å². The van der Waals surface area contributed by atoms with E-state index in [1.54, 1.807) is 0 Å². The highest BCUT2D eigenvalue weighted by molar-refractivity contribution is 5.81. The van der Waals surface area contributed by atoms with Crippen LogP contribution in [0.15, 0.2) is 30.3 Å². The third-order valence-electron chi connectivity index (χ3n) is 5.90. The van der Waals surface area contributed by atoms with Gasteiger partial charge in [-0.1, -0.05) is 36.8 Å². The van der Waals surface area contributed by atoms with E-state index in [4.69, 9.17) is 0 Å². The molecular formula is C22H35N3O. The molecule has 1 atom stereocenters. The SMILES string of the molecule is O=C(NCCCCN1CCC(Cc2ccccc2)CC1)[C@H]1CCCCN1. The molecular weight excluding hydrogens is 322 g/mol. The molecule has 3 rings (SSSR count). The molecule has 4 heteroatoms. The standard InChI is InChI=1S/C22H35N3O/c26-22(21-10-4-5-13-23-21)24-14-6-7-15-25-16-11-20(12-17-25)18-19-8-2-1-3-9-19/h1-3,8-9,20-21,23H,4-7,10-18H2,(H,24,26)/t21-/m1/s1. The van der Waals surface area contributed by atoms with Gasteiger partial charge < -0.3 is 15.5 Å². The van der Waals surface area contributed by atoms with Gasteiger partial charge in [-0.25, -0.2) is 0 Å². The molecule has 0 spiro atoms. The Balaban J connectivity index is 1.22. The average Bonchev–Trinajstić information content (AvgIpc) is 2.70. The number of carbonyl (C=O) groups excluding carboxylic acids is 1. The van der Waals surface area contributed by atoms with E-state index in [-0.39, 0.29) is 11.9 Å². The highest BCUT2D eigenvalue weighted by atomic mass is 16.2. The molecule has 0 bridgehead atoms. The molecule has 144 valence electrons. The van der Waals surface area contributed by atoms with Crippen LogP contribution in [-0.4, -0.2) is 49.6 Å². The van der Waals surface area contributed by atoms with E-state index in [0.29, 0.717) is 0 Å². The van der Waals surface area contributed by atoms with Gasteiger partial charge in [-0.3, -0.25) is 4.79 Å². The fourth-order valence-corrected chi connectivity index (χ4v) is 4.23. The van der Waals surface area contributed by atoms with Crippen molar-refractivity contribution in [1.82, 2.24) is 15.5 Å². The van der Waals surface area contributed by atoms with E-state index in [0.717, 1.165) is 31.8 Å². The number of amides is 1. The van der Waals surface area contributed by atoms with Gasteiger partial charge in [-0.2, -0.15) is 0 Å². The van der Waals surface area contributed by atoms with Crippen LogP contribution in [0.2, 0.25) is 0 Å². The van der Waals surface area contributed by atoms with Gasteiger partial charge in [0.2, 0.25) is 5.91 Å². The number of carbonyl (C=O) groups is 1. The van der Waals surface area contributed by atoms with Crippen molar-refractivity contribution < 1.29 is 4.79 Å². The summed E-state index contributed by atoms with van der Waals surface area (Å²) in [6.45, 7) is 5.45. The van der Waals surface area contributed by atoms with Crippen molar-refractivity contribution >= 4 is 5.91 Å². The zero-order valence-electron chi connectivity index (χ0n) is 16.1. The average molecular weight is 358 g/mol. The molecule has 0 saturated carbocycles. The number of rotatable bonds is 8. The summed E-state index contributed by atoms with van der Waals surface area (Å²) < 4.78 is 0. The summed E-state index contributed by atoms with van der Waals surface area (Å²) in [5.74, 6) is 1.04. The predicted octanol–water partition coefficient (Wildman–Crippen LogP) is 2.98. The lowest BCUT2D eigenvalue weighted by Crippen LogP contribution is -2.46. The van der Waals surface area contributed by atoms with E-state index < -0.39 is 0 Å². The minimum atomic E-state index is 0.0485. The van der Waals surface area contributed by atoms with Crippen LogP contribution in [0.4, 0.5) is 0 Å². The first-order chi connectivity index (χ1) is 12.8. The summed E-state index contributed by atoms with van der Waals surface area (Å²) in [6, 6.07) is 10.9. The maximum atomic E-state index is 12.1. The zero-order valence-corrected chi connectivity index (χ0v) is 16.1. The van der Waals surface area contributed by atoms with Crippen LogP contribution in [0.25, 0.3) is 0 Å². The van der Waals surface area contributed by atoms with Crippen LogP contribution in [0.1, 0.15) is 50.5 Å². The van der Waals surface area contributed by atoms with Gasteiger partial charge in [0.15, 0.2) is 0 Å². The second-order valence-electron chi connectivity index (χ2n) is 7.98. The first-order valence-corrected chi connectivity index (χ1v) is 10.6. The van der Waals surface area contributed by atoms with Crippen molar-refractivity contribution in [1.29, 1.82) is 0 Å². The van der Waals surface area contributed by atoms with Crippen LogP contribution >= 0.6 is 0 Å². The second-order valence-corrected chi connectivity index (χ2v) is 7.98. The number of benzene rings is 1. The first kappa shape index (κ1) is 19.4. The number of hydrogen-bond acceptors (Lipinski definition) is 3. The van der Waals surface area contributed by atoms with Crippen molar-refractivity contribution in [2.75, 3.05) is 32.7 Å². The van der Waals surface area contributed by atoms with Crippen molar-refractivity contribution in [2.24, 2.45) is 5.92 Å². The number of piperidine rings is 2. The Labute approximate surface area is 158 Å². The summed E-state index contributed by atoms with van der Waals surface area (Å²) >= 11 is 0. The Kier molecular flexibility index (Phi) is 7.96. The van der Waals surface area contributed by atoms with E-state index in [1.165, 1.54) is 63.7 Å². The quantitative estimate of drug-likeness (QED) is 0.703. The third kappa shape index (κ3) is 6.40. The number of nitrogens with zero attached hydrogens (tertiary/aromatic N) is 1. The normalized spacial score (nSPS) is 22.2. The molecule has 1 aromatic rings. The van der Waals surface area contributed by atoms with Crippen LogP contribution in [0.3, 0.4) is 0 Å². The fraction of sp³-hybridized carbons (Fsp3) is 0.682. The number of likely N-dealkylation sites (tertiary alicyclic amines) is 1. The molecule has 0 radical (unpaired) electrons. The summed E-state index contributed by atoms with van der Waals surface area (Å²) in [4.78, 5) is 14.7. The Morgan fingerprint density at radius 1 is 1.08 bits per heavy atom. The van der Waals surface area contributed by atoms with Gasteiger partial charge in [0.25, 0.3) is 0 Å². The van der Waals surface area contributed by atoms with Crippen molar-refractivity contribution in [3.8, 4) is 0 Å². The molecule has 2 fully saturated rings. The Morgan fingerprint density at radius 3 is 2.62 bits per heavy atom. The lowest BCUT2D eigenvalue weighted by atomic mass is 9.90. The molecule has 26 heavy (non-hydrogen) atoms. The minimum absolute atomic E-state index is 0.0485. The number of nitrogens with one attached hydrogen (secondary N) is 2. The molecule has 1 amide bonds. The van der Waals surface area contributed by atoms with Gasteiger partial charge in [-0.05, 0) is 82.6 Å². The minimum Gasteiger partial charge on any atom is -0.355 e. The predicted molar refractivity (Wildman–Crippen MR) is 107 cm³/mol. The van der Waals surface area contributed by atoms with Crippen molar-refractivity contribution in [2.45, 2.75) is 57.4 Å². The molecule has 0 unspecified atom stereocenters. The number of hydrogen-bond donors (Lipinski definition) is 2. The Bertz CT molecular complexity index is 519. The summed E-state index contributed by atoms with van der Waals surface area (Å²) in [5.41, 5.74) is 1.48. The monoisotopic (exact) mass is 357 g/mol. The van der Waals surface area contributed by atoms with Crippen LogP contribution in [0, 0.1) is 5.92 Å². The fourth-order valence-electron chi connectivity index (χ4n) is 4.23. The molecule has 2 aliphatic heterocycles. The van der Waals surface area contributed by atoms with Gasteiger partial charge in [0.05, 0.1) is 6.04 Å². The smallest absolute Gasteiger partial charge is 0.237 e. The zero-order chi connectivity index (χ0) is 18.0. The Morgan fingerprint density at radius 2 is 1.88 bits per heavy atom. The molecule has 1 aromatic carbocycles. The van der Waals surface area contributed by atoms with E-state index in [9.17, 15) is 4.79 Å². The highest BCUT2D eigenvalue weighted by Gasteiger charge is 2.20. The molecule has 2 aliphatic rings. The van der Waals surface area contributed by atoms with Crippen LogP contribution in [-0.2, 0) is 11.2 Å². The first-order valence-electron chi connectivity index (χ1n) is 10.6. The lowest BCUT2D eigenvalue weighted by molar-refractivity contribution is -0.123. The largest absolute Gasteiger partial charge is 0.355 e. The molecule has 2 heterocycles. The van der Waals surface area contributed by atoms with E-state index in [2.05, 4.69) is 45.9 Å². The van der Waals surface area contributed by atoms with E-state index in [1.807, 2.05) is 0 Å². The molecule has 0 aromatic heterocycles. The summed E-state index contributed by atoms with van der Waals surface area (Å²) in [5, 5.41) is 6.42. The van der Waals surface area contributed by atoms with Gasteiger partial charge in [0, 0.05) is 6.54 Å². The van der Waals surface area contributed by atoms with Crippen LogP contribution < -0.4 is 10.6 Å². The van der Waals surface area contributed by atoms with Gasteiger partial charge in [-0.15, -0.1) is 0 Å². The topological polar surface area (TPSA) is 44.4 Å². The van der Waals surface area contributed by atoms with Crippen LogP contribution in [0.5, 0.6) is 0 Å². The summed E-state index contributed by atoms with van der Waals surface area (Å²) in [6.07, 6.45) is 9.50. The molecule has 4 nitrogen and oxygen atoms in total. The van der Waals surface area contributed by atoms with Gasteiger partial charge in [0.1, 0.15) is 0 Å². The van der Waals surface area contributed by atoms with Crippen molar-refractivity contribution in [3.05, 3.63) is 35.9 Å². The lowest BCUT2D eigenvalue weighted by Gasteiger charge is -2.32. The molecule has 0 aliphatic carbocycles.